The molecule has 5 nitrogen and oxygen atoms in total. The third-order valence-corrected chi connectivity index (χ3v) is 3.93. The zero-order valence-electron chi connectivity index (χ0n) is 14.2. The summed E-state index contributed by atoms with van der Waals surface area (Å²) in [6.45, 7) is 1.82. The lowest BCUT2D eigenvalue weighted by Gasteiger charge is -2.13. The molecule has 0 spiro atoms. The van der Waals surface area contributed by atoms with E-state index in [-0.39, 0.29) is 12.3 Å². The first-order valence-electron chi connectivity index (χ1n) is 8.09. The van der Waals surface area contributed by atoms with Crippen molar-refractivity contribution in [2.75, 3.05) is 11.9 Å². The lowest BCUT2D eigenvalue weighted by atomic mass is 10.3. The molecule has 2 aromatic rings. The molecule has 0 aliphatic carbocycles. The van der Waals surface area contributed by atoms with Crippen LogP contribution in [0.15, 0.2) is 48.5 Å². The van der Waals surface area contributed by atoms with E-state index in [1.165, 1.54) is 6.92 Å². The van der Waals surface area contributed by atoms with Crippen molar-refractivity contribution >= 4 is 40.8 Å². The van der Waals surface area contributed by atoms with E-state index in [0.717, 1.165) is 0 Å². The molecule has 2 aromatic carbocycles. The van der Waals surface area contributed by atoms with Gasteiger partial charge in [0.2, 0.25) is 0 Å². The lowest BCUT2D eigenvalue weighted by Crippen LogP contribution is -2.30. The maximum Gasteiger partial charge on any atom is 0.306 e. The summed E-state index contributed by atoms with van der Waals surface area (Å²) in [7, 11) is 0. The summed E-state index contributed by atoms with van der Waals surface area (Å²) >= 11 is 11.8. The molecule has 26 heavy (non-hydrogen) atoms. The van der Waals surface area contributed by atoms with Gasteiger partial charge in [-0.1, -0.05) is 41.4 Å². The molecule has 1 amide bonds. The SMILES string of the molecule is CC(OC(=O)CCCOc1ccc(Cl)cc1Cl)C(=O)Nc1ccccc1. The highest BCUT2D eigenvalue weighted by atomic mass is 35.5. The molecule has 0 saturated carbocycles. The van der Waals surface area contributed by atoms with Crippen LogP contribution in [0.5, 0.6) is 5.75 Å². The Morgan fingerprint density at radius 3 is 2.54 bits per heavy atom. The van der Waals surface area contributed by atoms with Gasteiger partial charge in [-0.15, -0.1) is 0 Å². The zero-order valence-corrected chi connectivity index (χ0v) is 15.7. The molecule has 1 atom stereocenters. The second-order valence-electron chi connectivity index (χ2n) is 5.51. The van der Waals surface area contributed by atoms with Gasteiger partial charge in [-0.25, -0.2) is 0 Å². The van der Waals surface area contributed by atoms with Crippen LogP contribution in [0.1, 0.15) is 19.8 Å². The second kappa shape index (κ2) is 10.0. The van der Waals surface area contributed by atoms with Gasteiger partial charge >= 0.3 is 5.97 Å². The van der Waals surface area contributed by atoms with Gasteiger partial charge in [-0.2, -0.15) is 0 Å². The number of para-hydroxylation sites is 1. The average molecular weight is 396 g/mol. The van der Waals surface area contributed by atoms with Crippen molar-refractivity contribution < 1.29 is 19.1 Å². The molecule has 0 aliphatic rings. The first kappa shape index (κ1) is 20.1. The monoisotopic (exact) mass is 395 g/mol. The quantitative estimate of drug-likeness (QED) is 0.518. The van der Waals surface area contributed by atoms with E-state index in [4.69, 9.17) is 32.7 Å². The predicted molar refractivity (Wildman–Crippen MR) is 102 cm³/mol. The molecular weight excluding hydrogens is 377 g/mol. The summed E-state index contributed by atoms with van der Waals surface area (Å²) < 4.78 is 10.6. The molecule has 0 heterocycles. The van der Waals surface area contributed by atoms with Crippen LogP contribution in [-0.2, 0) is 14.3 Å². The molecule has 0 aliphatic heterocycles. The van der Waals surface area contributed by atoms with E-state index in [2.05, 4.69) is 5.32 Å². The number of anilines is 1. The number of carbonyl (C=O) groups excluding carboxylic acids is 2. The molecule has 1 N–H and O–H groups in total. The summed E-state index contributed by atoms with van der Waals surface area (Å²) in [5.41, 5.74) is 0.647. The largest absolute Gasteiger partial charge is 0.492 e. The third-order valence-electron chi connectivity index (χ3n) is 3.40. The zero-order chi connectivity index (χ0) is 18.9. The number of esters is 1. The van der Waals surface area contributed by atoms with Crippen LogP contribution in [0.25, 0.3) is 0 Å². The highest BCUT2D eigenvalue weighted by molar-refractivity contribution is 6.35. The van der Waals surface area contributed by atoms with Gasteiger partial charge in [0.25, 0.3) is 5.91 Å². The number of hydrogen-bond donors (Lipinski definition) is 1. The number of carbonyl (C=O) groups is 2. The molecule has 0 radical (unpaired) electrons. The number of amides is 1. The molecule has 0 fully saturated rings. The van der Waals surface area contributed by atoms with Crippen molar-refractivity contribution in [3.8, 4) is 5.75 Å². The van der Waals surface area contributed by atoms with Crippen molar-refractivity contribution in [1.82, 2.24) is 0 Å². The van der Waals surface area contributed by atoms with E-state index in [1.54, 1.807) is 42.5 Å². The Balaban J connectivity index is 1.68. The summed E-state index contributed by atoms with van der Waals surface area (Å²) in [5, 5.41) is 3.61. The number of rotatable bonds is 8. The smallest absolute Gasteiger partial charge is 0.306 e. The molecule has 7 heteroatoms. The van der Waals surface area contributed by atoms with Crippen LogP contribution in [-0.4, -0.2) is 24.6 Å². The summed E-state index contributed by atoms with van der Waals surface area (Å²) in [4.78, 5) is 23.8. The molecule has 0 aromatic heterocycles. The summed E-state index contributed by atoms with van der Waals surface area (Å²) in [5.74, 6) is -0.347. The molecule has 0 saturated heterocycles. The van der Waals surface area contributed by atoms with Crippen molar-refractivity contribution in [3.05, 3.63) is 58.6 Å². The number of hydrogen-bond acceptors (Lipinski definition) is 4. The van der Waals surface area contributed by atoms with Crippen LogP contribution in [0.2, 0.25) is 10.0 Å². The number of ether oxygens (including phenoxy) is 2. The van der Waals surface area contributed by atoms with E-state index in [9.17, 15) is 9.59 Å². The third kappa shape index (κ3) is 6.58. The minimum atomic E-state index is -0.880. The summed E-state index contributed by atoms with van der Waals surface area (Å²) in [6.07, 6.45) is -0.312. The molecule has 138 valence electrons. The Labute approximate surface area is 162 Å². The van der Waals surface area contributed by atoms with Gasteiger partial charge in [0.05, 0.1) is 11.6 Å². The molecule has 2 rings (SSSR count). The highest BCUT2D eigenvalue weighted by Gasteiger charge is 2.17. The van der Waals surface area contributed by atoms with Gasteiger partial charge in [-0.3, -0.25) is 9.59 Å². The van der Waals surface area contributed by atoms with Gasteiger partial charge < -0.3 is 14.8 Å². The van der Waals surface area contributed by atoms with Gasteiger partial charge in [-0.05, 0) is 43.7 Å². The Morgan fingerprint density at radius 1 is 1.12 bits per heavy atom. The molecule has 0 bridgehead atoms. The minimum absolute atomic E-state index is 0.133. The van der Waals surface area contributed by atoms with Crippen LogP contribution in [0.4, 0.5) is 5.69 Å². The fourth-order valence-corrected chi connectivity index (χ4v) is 2.53. The van der Waals surface area contributed by atoms with E-state index < -0.39 is 12.1 Å². The average Bonchev–Trinajstić information content (AvgIpc) is 2.61. The fourth-order valence-electron chi connectivity index (χ4n) is 2.07. The van der Waals surface area contributed by atoms with Crippen LogP contribution >= 0.6 is 23.2 Å². The lowest BCUT2D eigenvalue weighted by molar-refractivity contribution is -0.153. The van der Waals surface area contributed by atoms with Crippen LogP contribution in [0.3, 0.4) is 0 Å². The van der Waals surface area contributed by atoms with Crippen molar-refractivity contribution in [3.63, 3.8) is 0 Å². The Kier molecular flexibility index (Phi) is 7.75. The van der Waals surface area contributed by atoms with E-state index in [0.29, 0.717) is 34.5 Å². The Morgan fingerprint density at radius 2 is 1.85 bits per heavy atom. The Bertz CT molecular complexity index is 752. The van der Waals surface area contributed by atoms with Gasteiger partial charge in [0, 0.05) is 17.1 Å². The van der Waals surface area contributed by atoms with Crippen LogP contribution in [0, 0.1) is 0 Å². The fraction of sp³-hybridized carbons (Fsp3) is 0.263. The molecule has 1 unspecified atom stereocenters. The normalized spacial score (nSPS) is 11.5. The number of benzene rings is 2. The van der Waals surface area contributed by atoms with Crippen molar-refractivity contribution in [1.29, 1.82) is 0 Å². The Hall–Kier alpha value is -2.24. The summed E-state index contributed by atoms with van der Waals surface area (Å²) in [6, 6.07) is 13.9. The van der Waals surface area contributed by atoms with Crippen molar-refractivity contribution in [2.45, 2.75) is 25.9 Å². The van der Waals surface area contributed by atoms with E-state index >= 15 is 0 Å². The first-order chi connectivity index (χ1) is 12.5. The highest BCUT2D eigenvalue weighted by Crippen LogP contribution is 2.27. The minimum Gasteiger partial charge on any atom is -0.492 e. The standard InChI is InChI=1S/C19H19Cl2NO4/c1-13(19(24)22-15-6-3-2-4-7-15)26-18(23)8-5-11-25-17-10-9-14(20)12-16(17)21/h2-4,6-7,9-10,12-13H,5,8,11H2,1H3,(H,22,24). The van der Waals surface area contributed by atoms with Gasteiger partial charge in [0.1, 0.15) is 5.75 Å². The van der Waals surface area contributed by atoms with Gasteiger partial charge in [0.15, 0.2) is 6.10 Å². The van der Waals surface area contributed by atoms with E-state index in [1.807, 2.05) is 6.07 Å². The first-order valence-corrected chi connectivity index (χ1v) is 8.84. The van der Waals surface area contributed by atoms with Crippen LogP contribution < -0.4 is 10.1 Å². The maximum absolute atomic E-state index is 12.0. The van der Waals surface area contributed by atoms with Crippen molar-refractivity contribution in [2.24, 2.45) is 0 Å². The maximum atomic E-state index is 12.0. The predicted octanol–water partition coefficient (Wildman–Crippen LogP) is 4.72. The molecular formula is C19H19Cl2NO4. The number of nitrogens with one attached hydrogen (secondary N) is 1. The topological polar surface area (TPSA) is 64.6 Å². The number of halogens is 2. The second-order valence-corrected chi connectivity index (χ2v) is 6.36.